The van der Waals surface area contributed by atoms with Crippen molar-refractivity contribution in [3.8, 4) is 0 Å². The van der Waals surface area contributed by atoms with Gasteiger partial charge in [-0.25, -0.2) is 0 Å². The molecule has 1 atom stereocenters. The first-order chi connectivity index (χ1) is 7.24. The highest BCUT2D eigenvalue weighted by Gasteiger charge is 2.41. The minimum atomic E-state index is 0.602. The lowest BCUT2D eigenvalue weighted by molar-refractivity contribution is 0.249. The first kappa shape index (κ1) is 11.8. The van der Waals surface area contributed by atoms with Gasteiger partial charge in [0.2, 0.25) is 0 Å². The molecular formula is C13H25NS. The van der Waals surface area contributed by atoms with Crippen molar-refractivity contribution < 1.29 is 0 Å². The minimum absolute atomic E-state index is 0.602. The lowest BCUT2D eigenvalue weighted by atomic mass is 9.82. The SMILES string of the molecule is CCSCCC(C)(CNC1CC1)C1CC1. The van der Waals surface area contributed by atoms with Crippen LogP contribution in [0, 0.1) is 11.3 Å². The molecule has 0 aromatic heterocycles. The van der Waals surface area contributed by atoms with E-state index in [9.17, 15) is 0 Å². The molecule has 1 unspecified atom stereocenters. The van der Waals surface area contributed by atoms with Gasteiger partial charge in [-0.2, -0.15) is 11.8 Å². The summed E-state index contributed by atoms with van der Waals surface area (Å²) in [6.45, 7) is 6.05. The zero-order valence-electron chi connectivity index (χ0n) is 10.2. The standard InChI is InChI=1S/C13H25NS/c1-3-15-9-8-13(2,11-4-5-11)10-14-12-6-7-12/h11-12,14H,3-10H2,1-2H3. The molecule has 1 N–H and O–H groups in total. The summed E-state index contributed by atoms with van der Waals surface area (Å²) in [5.41, 5.74) is 0.602. The smallest absolute Gasteiger partial charge is 0.00684 e. The van der Waals surface area contributed by atoms with Gasteiger partial charge >= 0.3 is 0 Å². The molecule has 2 heteroatoms. The predicted molar refractivity (Wildman–Crippen MR) is 69.5 cm³/mol. The van der Waals surface area contributed by atoms with Gasteiger partial charge in [0.25, 0.3) is 0 Å². The lowest BCUT2D eigenvalue weighted by Crippen LogP contribution is -2.35. The maximum absolute atomic E-state index is 3.74. The highest BCUT2D eigenvalue weighted by atomic mass is 32.2. The largest absolute Gasteiger partial charge is 0.313 e. The van der Waals surface area contributed by atoms with Crippen molar-refractivity contribution in [2.24, 2.45) is 11.3 Å². The van der Waals surface area contributed by atoms with Crippen LogP contribution < -0.4 is 5.32 Å². The van der Waals surface area contributed by atoms with Crippen LogP contribution in [0.1, 0.15) is 46.0 Å². The summed E-state index contributed by atoms with van der Waals surface area (Å²) in [6, 6.07) is 0.877. The Bertz CT molecular complexity index is 199. The summed E-state index contributed by atoms with van der Waals surface area (Å²) in [5, 5.41) is 3.74. The van der Waals surface area contributed by atoms with Crippen molar-refractivity contribution in [3.05, 3.63) is 0 Å². The Kier molecular flexibility index (Phi) is 4.00. The maximum Gasteiger partial charge on any atom is 0.00684 e. The Balaban J connectivity index is 1.73. The van der Waals surface area contributed by atoms with Crippen molar-refractivity contribution >= 4 is 11.8 Å². The quantitative estimate of drug-likeness (QED) is 0.639. The molecule has 1 nitrogen and oxygen atoms in total. The Labute approximate surface area is 98.8 Å². The maximum atomic E-state index is 3.74. The third-order valence-corrected chi connectivity index (χ3v) is 4.86. The number of hydrogen-bond acceptors (Lipinski definition) is 2. The summed E-state index contributed by atoms with van der Waals surface area (Å²) in [5.74, 6) is 3.66. The van der Waals surface area contributed by atoms with E-state index < -0.39 is 0 Å². The van der Waals surface area contributed by atoms with Gasteiger partial charge in [-0.1, -0.05) is 13.8 Å². The molecule has 0 aromatic rings. The normalized spacial score (nSPS) is 25.2. The molecule has 0 saturated heterocycles. The van der Waals surface area contributed by atoms with Crippen LogP contribution in [0.4, 0.5) is 0 Å². The van der Waals surface area contributed by atoms with E-state index in [1.807, 2.05) is 0 Å². The number of nitrogens with one attached hydrogen (secondary N) is 1. The molecule has 0 bridgehead atoms. The predicted octanol–water partition coefficient (Wildman–Crippen LogP) is 3.30. The number of thioether (sulfide) groups is 1. The van der Waals surface area contributed by atoms with Crippen molar-refractivity contribution in [3.63, 3.8) is 0 Å². The average Bonchev–Trinajstić information content (AvgIpc) is 3.04. The first-order valence-electron chi connectivity index (χ1n) is 6.56. The fraction of sp³-hybridized carbons (Fsp3) is 1.00. The van der Waals surface area contributed by atoms with Gasteiger partial charge in [-0.05, 0) is 54.9 Å². The van der Waals surface area contributed by atoms with Crippen molar-refractivity contribution in [1.82, 2.24) is 5.32 Å². The van der Waals surface area contributed by atoms with Gasteiger partial charge in [0.05, 0.1) is 0 Å². The van der Waals surface area contributed by atoms with Crippen molar-refractivity contribution in [1.29, 1.82) is 0 Å². The minimum Gasteiger partial charge on any atom is -0.313 e. The Hall–Kier alpha value is 0.310. The molecule has 0 aliphatic heterocycles. The van der Waals surface area contributed by atoms with Crippen LogP contribution in [0.5, 0.6) is 0 Å². The van der Waals surface area contributed by atoms with E-state index in [0.717, 1.165) is 12.0 Å². The second-order valence-electron chi connectivity index (χ2n) is 5.53. The topological polar surface area (TPSA) is 12.0 Å². The third kappa shape index (κ3) is 3.67. The molecule has 2 fully saturated rings. The molecule has 0 aromatic carbocycles. The zero-order valence-corrected chi connectivity index (χ0v) is 11.0. The van der Waals surface area contributed by atoms with Crippen LogP contribution in [0.2, 0.25) is 0 Å². The number of hydrogen-bond donors (Lipinski definition) is 1. The van der Waals surface area contributed by atoms with Gasteiger partial charge in [0, 0.05) is 12.6 Å². The number of rotatable bonds is 8. The second kappa shape index (κ2) is 5.09. The summed E-state index contributed by atoms with van der Waals surface area (Å²) >= 11 is 2.10. The molecule has 15 heavy (non-hydrogen) atoms. The monoisotopic (exact) mass is 227 g/mol. The van der Waals surface area contributed by atoms with Crippen LogP contribution >= 0.6 is 11.8 Å². The average molecular weight is 227 g/mol. The Morgan fingerprint density at radius 1 is 1.27 bits per heavy atom. The Morgan fingerprint density at radius 2 is 2.00 bits per heavy atom. The summed E-state index contributed by atoms with van der Waals surface area (Å²) in [4.78, 5) is 0. The van der Waals surface area contributed by atoms with Crippen molar-refractivity contribution in [2.75, 3.05) is 18.1 Å². The second-order valence-corrected chi connectivity index (χ2v) is 6.92. The van der Waals surface area contributed by atoms with E-state index in [2.05, 4.69) is 30.9 Å². The van der Waals surface area contributed by atoms with Crippen LogP contribution in [-0.4, -0.2) is 24.1 Å². The van der Waals surface area contributed by atoms with Crippen molar-refractivity contribution in [2.45, 2.75) is 52.0 Å². The molecule has 0 radical (unpaired) electrons. The summed E-state index contributed by atoms with van der Waals surface area (Å²) < 4.78 is 0. The highest BCUT2D eigenvalue weighted by Crippen LogP contribution is 2.48. The molecule has 2 aliphatic carbocycles. The zero-order chi connectivity index (χ0) is 10.7. The fourth-order valence-electron chi connectivity index (χ4n) is 2.33. The summed E-state index contributed by atoms with van der Waals surface area (Å²) in [6.07, 6.45) is 7.23. The van der Waals surface area contributed by atoms with Gasteiger partial charge in [0.1, 0.15) is 0 Å². The molecule has 88 valence electrons. The van der Waals surface area contributed by atoms with E-state index in [4.69, 9.17) is 0 Å². The van der Waals surface area contributed by atoms with E-state index in [1.54, 1.807) is 0 Å². The molecule has 2 aliphatic rings. The Morgan fingerprint density at radius 3 is 2.53 bits per heavy atom. The molecule has 0 heterocycles. The molecule has 0 spiro atoms. The molecule has 0 amide bonds. The fourth-order valence-corrected chi connectivity index (χ4v) is 3.23. The van der Waals surface area contributed by atoms with Crippen LogP contribution in [0.3, 0.4) is 0 Å². The van der Waals surface area contributed by atoms with Gasteiger partial charge in [-0.15, -0.1) is 0 Å². The van der Waals surface area contributed by atoms with E-state index >= 15 is 0 Å². The molecule has 2 saturated carbocycles. The van der Waals surface area contributed by atoms with Gasteiger partial charge < -0.3 is 5.32 Å². The molecule has 2 rings (SSSR count). The first-order valence-corrected chi connectivity index (χ1v) is 7.71. The third-order valence-electron chi connectivity index (χ3n) is 3.96. The van der Waals surface area contributed by atoms with E-state index in [-0.39, 0.29) is 0 Å². The highest BCUT2D eigenvalue weighted by molar-refractivity contribution is 7.99. The van der Waals surface area contributed by atoms with Crippen LogP contribution in [0.25, 0.3) is 0 Å². The van der Waals surface area contributed by atoms with Gasteiger partial charge in [-0.3, -0.25) is 0 Å². The lowest BCUT2D eigenvalue weighted by Gasteiger charge is -2.30. The van der Waals surface area contributed by atoms with Gasteiger partial charge in [0.15, 0.2) is 0 Å². The summed E-state index contributed by atoms with van der Waals surface area (Å²) in [7, 11) is 0. The van der Waals surface area contributed by atoms with Crippen LogP contribution in [0.15, 0.2) is 0 Å². The van der Waals surface area contributed by atoms with E-state index in [1.165, 1.54) is 50.2 Å². The van der Waals surface area contributed by atoms with E-state index in [0.29, 0.717) is 5.41 Å². The molecular weight excluding hydrogens is 202 g/mol. The van der Waals surface area contributed by atoms with Crippen LogP contribution in [-0.2, 0) is 0 Å².